The van der Waals surface area contributed by atoms with E-state index < -0.39 is 5.60 Å². The molecule has 0 amide bonds. The predicted octanol–water partition coefficient (Wildman–Crippen LogP) is 1.67. The first-order valence-corrected chi connectivity index (χ1v) is 9.46. The van der Waals surface area contributed by atoms with Gasteiger partial charge in [-0.25, -0.2) is 9.97 Å². The van der Waals surface area contributed by atoms with Gasteiger partial charge in [0, 0.05) is 6.61 Å². The number of aromatic nitrogens is 4. The number of nitrogens with zero attached hydrogens (tertiary/aromatic N) is 3. The van der Waals surface area contributed by atoms with Crippen LogP contribution in [0.2, 0.25) is 0 Å². The van der Waals surface area contributed by atoms with Gasteiger partial charge >= 0.3 is 0 Å². The highest BCUT2D eigenvalue weighted by Crippen LogP contribution is 2.29. The number of aliphatic hydroxyl groups excluding tert-OH is 1. The van der Waals surface area contributed by atoms with Crippen LogP contribution in [0.3, 0.4) is 0 Å². The molecule has 9 nitrogen and oxygen atoms in total. The average Bonchev–Trinajstić information content (AvgIpc) is 3.15. The number of fused-ring (bicyclic) bond motifs is 1. The van der Waals surface area contributed by atoms with Crippen molar-refractivity contribution in [2.75, 3.05) is 20.3 Å². The monoisotopic (exact) mass is 401 g/mol. The van der Waals surface area contributed by atoms with Crippen LogP contribution in [0.1, 0.15) is 38.1 Å². The molecule has 4 N–H and O–H groups in total. The maximum atomic E-state index is 10.2. The fourth-order valence-electron chi connectivity index (χ4n) is 2.91. The fraction of sp³-hybridized carbons (Fsp3) is 0.450. The number of rotatable bonds is 9. The number of nitrogens with one attached hydrogen (secondary N) is 2. The molecule has 0 bridgehead atoms. The molecule has 0 saturated heterocycles. The summed E-state index contributed by atoms with van der Waals surface area (Å²) in [5, 5.41) is 27.2. The van der Waals surface area contributed by atoms with Crippen molar-refractivity contribution in [3.63, 3.8) is 0 Å². The van der Waals surface area contributed by atoms with E-state index in [1.54, 1.807) is 27.3 Å². The van der Waals surface area contributed by atoms with E-state index in [0.29, 0.717) is 48.1 Å². The highest BCUT2D eigenvalue weighted by Gasteiger charge is 2.22. The molecule has 0 atom stereocenters. The first kappa shape index (κ1) is 20.8. The SMILES string of the molecule is COc1ccc(Cn2cnc(=N)c3[nH]c(C(C)(C)O)nc32)cc1OCCCCO. The molecule has 0 saturated carbocycles. The van der Waals surface area contributed by atoms with Gasteiger partial charge in [-0.1, -0.05) is 6.07 Å². The minimum atomic E-state index is -1.15. The molecule has 0 aliphatic rings. The van der Waals surface area contributed by atoms with Crippen molar-refractivity contribution >= 4 is 11.2 Å². The number of aromatic amines is 1. The lowest BCUT2D eigenvalue weighted by Crippen LogP contribution is -2.17. The van der Waals surface area contributed by atoms with Crippen LogP contribution in [0.25, 0.3) is 11.2 Å². The number of H-pyrrole nitrogens is 1. The minimum Gasteiger partial charge on any atom is -0.493 e. The summed E-state index contributed by atoms with van der Waals surface area (Å²) in [6.07, 6.45) is 3.00. The van der Waals surface area contributed by atoms with E-state index in [9.17, 15) is 5.11 Å². The number of aliphatic hydroxyl groups is 2. The van der Waals surface area contributed by atoms with Crippen molar-refractivity contribution in [3.8, 4) is 11.5 Å². The van der Waals surface area contributed by atoms with E-state index in [1.165, 1.54) is 0 Å². The zero-order valence-corrected chi connectivity index (χ0v) is 16.9. The number of imidazole rings is 1. The van der Waals surface area contributed by atoms with Crippen LogP contribution in [0.4, 0.5) is 0 Å². The largest absolute Gasteiger partial charge is 0.493 e. The second-order valence-electron chi connectivity index (χ2n) is 7.33. The van der Waals surface area contributed by atoms with Crippen molar-refractivity contribution in [1.29, 1.82) is 5.41 Å². The van der Waals surface area contributed by atoms with Gasteiger partial charge < -0.3 is 29.2 Å². The van der Waals surface area contributed by atoms with Crippen molar-refractivity contribution < 1.29 is 19.7 Å². The Labute approximate surface area is 168 Å². The molecular formula is C20H27N5O4. The molecule has 29 heavy (non-hydrogen) atoms. The van der Waals surface area contributed by atoms with Gasteiger partial charge in [-0.05, 0) is 44.4 Å². The van der Waals surface area contributed by atoms with Crippen LogP contribution in [-0.4, -0.2) is 50.1 Å². The lowest BCUT2D eigenvalue weighted by Gasteiger charge is -2.13. The fourth-order valence-corrected chi connectivity index (χ4v) is 2.91. The Hall–Kier alpha value is -2.91. The third-order valence-corrected chi connectivity index (χ3v) is 4.49. The molecule has 0 aliphatic heterocycles. The van der Waals surface area contributed by atoms with Gasteiger partial charge in [0.25, 0.3) is 0 Å². The Balaban J connectivity index is 1.91. The minimum absolute atomic E-state index is 0.0712. The van der Waals surface area contributed by atoms with Gasteiger partial charge in [0.15, 0.2) is 22.6 Å². The topological polar surface area (TPSA) is 129 Å². The Morgan fingerprint density at radius 2 is 2.03 bits per heavy atom. The van der Waals surface area contributed by atoms with Crippen molar-refractivity contribution in [2.24, 2.45) is 0 Å². The second kappa shape index (κ2) is 8.62. The lowest BCUT2D eigenvalue weighted by molar-refractivity contribution is 0.0699. The zero-order valence-electron chi connectivity index (χ0n) is 16.9. The quantitative estimate of drug-likeness (QED) is 0.404. The van der Waals surface area contributed by atoms with Gasteiger partial charge in [0.2, 0.25) is 0 Å². The van der Waals surface area contributed by atoms with Gasteiger partial charge in [0.1, 0.15) is 16.9 Å². The molecule has 2 aromatic heterocycles. The summed E-state index contributed by atoms with van der Waals surface area (Å²) in [6.45, 7) is 4.35. The molecule has 2 heterocycles. The standard InChI is InChI=1S/C20H27N5O4/c1-20(2,27)19-23-16-17(21)22-12-25(18(16)24-19)11-13-6-7-14(28-3)15(10-13)29-9-5-4-8-26/h6-7,10,12,21,26-27H,4-5,8-9,11H2,1-3H3,(H,23,24). The Kier molecular flexibility index (Phi) is 6.19. The summed E-state index contributed by atoms with van der Waals surface area (Å²) in [6, 6.07) is 5.67. The molecular weight excluding hydrogens is 374 g/mol. The van der Waals surface area contributed by atoms with E-state index in [1.807, 2.05) is 22.8 Å². The van der Waals surface area contributed by atoms with Crippen molar-refractivity contribution in [1.82, 2.24) is 19.5 Å². The number of unbranched alkanes of at least 4 members (excludes halogenated alkanes) is 1. The van der Waals surface area contributed by atoms with Crippen LogP contribution in [-0.2, 0) is 12.1 Å². The van der Waals surface area contributed by atoms with Crippen LogP contribution >= 0.6 is 0 Å². The van der Waals surface area contributed by atoms with Crippen LogP contribution in [0.5, 0.6) is 11.5 Å². The molecule has 3 aromatic rings. The summed E-state index contributed by atoms with van der Waals surface area (Å²) in [4.78, 5) is 11.6. The number of hydrogen-bond acceptors (Lipinski definition) is 7. The summed E-state index contributed by atoms with van der Waals surface area (Å²) in [5.41, 5.74) is 0.879. The smallest absolute Gasteiger partial charge is 0.173 e. The molecule has 156 valence electrons. The maximum absolute atomic E-state index is 10.2. The maximum Gasteiger partial charge on any atom is 0.173 e. The van der Waals surface area contributed by atoms with Crippen LogP contribution in [0.15, 0.2) is 24.5 Å². The molecule has 3 rings (SSSR count). The normalized spacial score (nSPS) is 11.8. The molecule has 9 heteroatoms. The molecule has 1 aromatic carbocycles. The number of hydrogen-bond donors (Lipinski definition) is 4. The molecule has 0 aliphatic carbocycles. The summed E-state index contributed by atoms with van der Waals surface area (Å²) >= 11 is 0. The van der Waals surface area contributed by atoms with Gasteiger partial charge in [-0.3, -0.25) is 5.41 Å². The first-order chi connectivity index (χ1) is 13.8. The van der Waals surface area contributed by atoms with E-state index in [4.69, 9.17) is 20.0 Å². The van der Waals surface area contributed by atoms with Gasteiger partial charge in [0.05, 0.1) is 26.6 Å². The van der Waals surface area contributed by atoms with E-state index in [2.05, 4.69) is 15.0 Å². The van der Waals surface area contributed by atoms with E-state index in [-0.39, 0.29) is 12.1 Å². The van der Waals surface area contributed by atoms with Crippen LogP contribution < -0.4 is 15.0 Å². The molecule has 0 spiro atoms. The Bertz CT molecular complexity index is 1040. The van der Waals surface area contributed by atoms with E-state index >= 15 is 0 Å². The molecule has 0 unspecified atom stereocenters. The average molecular weight is 401 g/mol. The first-order valence-electron chi connectivity index (χ1n) is 9.46. The summed E-state index contributed by atoms with van der Waals surface area (Å²) < 4.78 is 13.0. The Morgan fingerprint density at radius 1 is 1.24 bits per heavy atom. The third-order valence-electron chi connectivity index (χ3n) is 4.49. The van der Waals surface area contributed by atoms with Crippen LogP contribution in [0, 0.1) is 5.41 Å². The Morgan fingerprint density at radius 3 is 2.72 bits per heavy atom. The lowest BCUT2D eigenvalue weighted by atomic mass is 10.1. The number of ether oxygens (including phenoxy) is 2. The molecule has 0 radical (unpaired) electrons. The highest BCUT2D eigenvalue weighted by atomic mass is 16.5. The van der Waals surface area contributed by atoms with Gasteiger partial charge in [-0.15, -0.1) is 0 Å². The summed E-state index contributed by atoms with van der Waals surface area (Å²) in [5.74, 6) is 1.64. The molecule has 0 fully saturated rings. The summed E-state index contributed by atoms with van der Waals surface area (Å²) in [7, 11) is 1.59. The zero-order chi connectivity index (χ0) is 21.0. The number of benzene rings is 1. The van der Waals surface area contributed by atoms with Crippen molar-refractivity contribution in [2.45, 2.75) is 38.8 Å². The second-order valence-corrected chi connectivity index (χ2v) is 7.33. The highest BCUT2D eigenvalue weighted by molar-refractivity contribution is 5.69. The van der Waals surface area contributed by atoms with Gasteiger partial charge in [-0.2, -0.15) is 0 Å². The predicted molar refractivity (Wildman–Crippen MR) is 107 cm³/mol. The van der Waals surface area contributed by atoms with Crippen molar-refractivity contribution in [3.05, 3.63) is 41.4 Å². The number of methoxy groups -OCH3 is 1. The third kappa shape index (κ3) is 4.75. The van der Waals surface area contributed by atoms with E-state index in [0.717, 1.165) is 12.0 Å².